The number of nitrogens with one attached hydrogen (secondary N) is 1. The largest absolute Gasteiger partial charge is 0.313 e. The van der Waals surface area contributed by atoms with E-state index in [0.717, 1.165) is 29.8 Å². The van der Waals surface area contributed by atoms with Crippen molar-refractivity contribution < 1.29 is 4.21 Å². The van der Waals surface area contributed by atoms with Gasteiger partial charge in [0.1, 0.15) is 0 Å². The first-order chi connectivity index (χ1) is 9.49. The van der Waals surface area contributed by atoms with Crippen molar-refractivity contribution in [3.63, 3.8) is 0 Å². The Hall–Kier alpha value is -0.670. The lowest BCUT2D eigenvalue weighted by atomic mass is 10.0. The molecule has 1 aromatic carbocycles. The minimum Gasteiger partial charge on any atom is -0.313 e. The van der Waals surface area contributed by atoms with Crippen LogP contribution in [0.2, 0.25) is 0 Å². The molecule has 2 nitrogen and oxygen atoms in total. The maximum Gasteiger partial charge on any atom is 0.0548 e. The zero-order valence-corrected chi connectivity index (χ0v) is 14.3. The van der Waals surface area contributed by atoms with Gasteiger partial charge in [0.15, 0.2) is 0 Å². The van der Waals surface area contributed by atoms with Crippen molar-refractivity contribution in [2.75, 3.05) is 12.3 Å². The van der Waals surface area contributed by atoms with Crippen LogP contribution in [0.25, 0.3) is 0 Å². The van der Waals surface area contributed by atoms with Gasteiger partial charge in [0.25, 0.3) is 0 Å². The third kappa shape index (κ3) is 5.02. The zero-order valence-electron chi connectivity index (χ0n) is 13.5. The Morgan fingerprint density at radius 3 is 2.55 bits per heavy atom. The molecule has 0 radical (unpaired) electrons. The van der Waals surface area contributed by atoms with Crippen molar-refractivity contribution in [3.05, 3.63) is 29.3 Å². The summed E-state index contributed by atoms with van der Waals surface area (Å²) in [6.07, 6.45) is 2.23. The Morgan fingerprint density at radius 1 is 1.25 bits per heavy atom. The molecule has 1 N–H and O–H groups in total. The summed E-state index contributed by atoms with van der Waals surface area (Å²) in [7, 11) is -0.923. The molecular weight excluding hydrogens is 266 g/mol. The lowest BCUT2D eigenvalue weighted by Crippen LogP contribution is -2.39. The molecule has 0 spiro atoms. The average molecular weight is 295 g/mol. The van der Waals surface area contributed by atoms with E-state index in [1.807, 2.05) is 6.92 Å². The number of hydrogen-bond donors (Lipinski definition) is 1. The molecule has 0 aliphatic rings. The lowest BCUT2D eigenvalue weighted by molar-refractivity contribution is 0.394. The van der Waals surface area contributed by atoms with Crippen molar-refractivity contribution in [2.45, 2.75) is 58.4 Å². The van der Waals surface area contributed by atoms with Gasteiger partial charge in [-0.15, -0.1) is 0 Å². The van der Waals surface area contributed by atoms with Gasteiger partial charge < -0.3 is 5.32 Å². The van der Waals surface area contributed by atoms with Crippen molar-refractivity contribution in [1.82, 2.24) is 5.32 Å². The second kappa shape index (κ2) is 8.58. The van der Waals surface area contributed by atoms with Gasteiger partial charge in [0, 0.05) is 16.7 Å². The Bertz CT molecular complexity index is 445. The third-order valence-corrected chi connectivity index (χ3v) is 5.50. The molecule has 0 saturated heterocycles. The molecule has 114 valence electrons. The first kappa shape index (κ1) is 17.4. The van der Waals surface area contributed by atoms with Gasteiger partial charge in [0.2, 0.25) is 0 Å². The highest BCUT2D eigenvalue weighted by Gasteiger charge is 2.19. The van der Waals surface area contributed by atoms with E-state index < -0.39 is 10.8 Å². The maximum absolute atomic E-state index is 12.7. The summed E-state index contributed by atoms with van der Waals surface area (Å²) < 4.78 is 12.7. The molecule has 0 amide bonds. The summed E-state index contributed by atoms with van der Waals surface area (Å²) in [6.45, 7) is 11.7. The van der Waals surface area contributed by atoms with Crippen LogP contribution in [0.5, 0.6) is 0 Å². The van der Waals surface area contributed by atoms with Crippen LogP contribution in [0.4, 0.5) is 0 Å². The fraction of sp³-hybridized carbons (Fsp3) is 0.647. The van der Waals surface area contributed by atoms with E-state index in [1.54, 1.807) is 0 Å². The third-order valence-electron chi connectivity index (χ3n) is 3.91. The van der Waals surface area contributed by atoms with Crippen molar-refractivity contribution >= 4 is 10.8 Å². The van der Waals surface area contributed by atoms with Crippen LogP contribution in [0, 0.1) is 19.8 Å². The fourth-order valence-electron chi connectivity index (χ4n) is 2.24. The van der Waals surface area contributed by atoms with Gasteiger partial charge in [-0.2, -0.15) is 0 Å². The molecule has 1 rings (SSSR count). The van der Waals surface area contributed by atoms with Crippen molar-refractivity contribution in [1.29, 1.82) is 0 Å². The standard InChI is InChI=1S/C17H29NOS/c1-6-10-18-16(14(4)7-2)12-20(19)17-11-13(3)8-9-15(17)5/h8-9,11,14,16,18H,6-7,10,12H2,1-5H3. The van der Waals surface area contributed by atoms with Crippen LogP contribution in [-0.2, 0) is 10.8 Å². The summed E-state index contributed by atoms with van der Waals surface area (Å²) in [4.78, 5) is 0.997. The molecule has 0 heterocycles. The smallest absolute Gasteiger partial charge is 0.0548 e. The van der Waals surface area contributed by atoms with Crippen LogP contribution in [0.3, 0.4) is 0 Å². The Kier molecular flexibility index (Phi) is 7.46. The Morgan fingerprint density at radius 2 is 1.95 bits per heavy atom. The van der Waals surface area contributed by atoms with E-state index in [4.69, 9.17) is 0 Å². The van der Waals surface area contributed by atoms with Crippen molar-refractivity contribution in [3.8, 4) is 0 Å². The Labute approximate surface area is 126 Å². The van der Waals surface area contributed by atoms with Crippen LogP contribution in [0.15, 0.2) is 23.1 Å². The van der Waals surface area contributed by atoms with E-state index in [9.17, 15) is 4.21 Å². The van der Waals surface area contributed by atoms with Gasteiger partial charge in [-0.1, -0.05) is 39.3 Å². The summed E-state index contributed by atoms with van der Waals surface area (Å²) in [6, 6.07) is 6.55. The van der Waals surface area contributed by atoms with Gasteiger partial charge in [-0.05, 0) is 49.9 Å². The molecule has 0 bridgehead atoms. The summed E-state index contributed by atoms with van der Waals surface area (Å²) in [5, 5.41) is 3.56. The molecule has 3 unspecified atom stereocenters. The topological polar surface area (TPSA) is 29.1 Å². The maximum atomic E-state index is 12.7. The molecular formula is C17H29NOS. The molecule has 0 fully saturated rings. The zero-order chi connectivity index (χ0) is 15.1. The SMILES string of the molecule is CCCNC(CS(=O)c1cc(C)ccc1C)C(C)CC. The van der Waals surface area contributed by atoms with E-state index in [2.05, 4.69) is 51.2 Å². The predicted octanol–water partition coefficient (Wildman–Crippen LogP) is 3.83. The van der Waals surface area contributed by atoms with Gasteiger partial charge in [0.05, 0.1) is 10.8 Å². The molecule has 0 aromatic heterocycles. The van der Waals surface area contributed by atoms with Crippen molar-refractivity contribution in [2.24, 2.45) is 5.92 Å². The summed E-state index contributed by atoms with van der Waals surface area (Å²) >= 11 is 0. The molecule has 20 heavy (non-hydrogen) atoms. The summed E-state index contributed by atoms with van der Waals surface area (Å²) in [5.74, 6) is 1.26. The summed E-state index contributed by atoms with van der Waals surface area (Å²) in [5.41, 5.74) is 2.31. The highest BCUT2D eigenvalue weighted by Crippen LogP contribution is 2.18. The number of benzene rings is 1. The number of hydrogen-bond acceptors (Lipinski definition) is 2. The van der Waals surface area contributed by atoms with E-state index in [0.29, 0.717) is 17.7 Å². The van der Waals surface area contributed by atoms with Crippen LogP contribution in [0.1, 0.15) is 44.7 Å². The highest BCUT2D eigenvalue weighted by atomic mass is 32.2. The van der Waals surface area contributed by atoms with E-state index >= 15 is 0 Å². The quantitative estimate of drug-likeness (QED) is 0.790. The van der Waals surface area contributed by atoms with Gasteiger partial charge in [-0.3, -0.25) is 4.21 Å². The first-order valence-electron chi connectivity index (χ1n) is 7.68. The lowest BCUT2D eigenvalue weighted by Gasteiger charge is -2.24. The molecule has 1 aromatic rings. The van der Waals surface area contributed by atoms with E-state index in [-0.39, 0.29) is 0 Å². The molecule has 0 aliphatic carbocycles. The number of rotatable bonds is 8. The molecule has 3 heteroatoms. The van der Waals surface area contributed by atoms with E-state index in [1.165, 1.54) is 5.56 Å². The van der Waals surface area contributed by atoms with Gasteiger partial charge >= 0.3 is 0 Å². The van der Waals surface area contributed by atoms with Gasteiger partial charge in [-0.25, -0.2) is 0 Å². The van der Waals surface area contributed by atoms with Crippen LogP contribution < -0.4 is 5.32 Å². The monoisotopic (exact) mass is 295 g/mol. The first-order valence-corrected chi connectivity index (χ1v) is 9.00. The minimum atomic E-state index is -0.923. The highest BCUT2D eigenvalue weighted by molar-refractivity contribution is 7.85. The second-order valence-electron chi connectivity index (χ2n) is 5.73. The number of aryl methyl sites for hydroxylation is 2. The molecule has 3 atom stereocenters. The fourth-order valence-corrected chi connectivity index (χ4v) is 3.94. The minimum absolute atomic E-state index is 0.334. The molecule has 0 aliphatic heterocycles. The van der Waals surface area contributed by atoms with Crippen LogP contribution >= 0.6 is 0 Å². The van der Waals surface area contributed by atoms with Crippen LogP contribution in [-0.4, -0.2) is 22.5 Å². The normalized spacial score (nSPS) is 15.8. The average Bonchev–Trinajstić information content (AvgIpc) is 2.44. The Balaban J connectivity index is 2.81. The predicted molar refractivity (Wildman–Crippen MR) is 88.7 cm³/mol. The molecule has 0 saturated carbocycles. The second-order valence-corrected chi connectivity index (χ2v) is 7.19.